The molecule has 2 aromatic heterocycles. The Bertz CT molecular complexity index is 953. The molecular formula is C21H21N3O3+2. The number of carbonyl (C=O) groups is 1. The van der Waals surface area contributed by atoms with E-state index in [2.05, 4.69) is 5.16 Å². The Morgan fingerprint density at radius 2 is 1.78 bits per heavy atom. The molecule has 0 saturated carbocycles. The van der Waals surface area contributed by atoms with Crippen LogP contribution in [0.1, 0.15) is 27.2 Å². The van der Waals surface area contributed by atoms with Crippen LogP contribution in [0.25, 0.3) is 0 Å². The summed E-state index contributed by atoms with van der Waals surface area (Å²) in [6, 6.07) is 16.7. The number of hydrogen-bond acceptors (Lipinski definition) is 4. The molecule has 0 spiro atoms. The molecule has 0 aliphatic rings. The Labute approximate surface area is 157 Å². The van der Waals surface area contributed by atoms with Crippen LogP contribution in [0.5, 0.6) is 0 Å². The monoisotopic (exact) mass is 363 g/mol. The van der Waals surface area contributed by atoms with Crippen molar-refractivity contribution in [1.82, 2.24) is 0 Å². The van der Waals surface area contributed by atoms with E-state index in [1.54, 1.807) is 12.1 Å². The zero-order valence-corrected chi connectivity index (χ0v) is 15.0. The number of aromatic nitrogens is 2. The predicted octanol–water partition coefficient (Wildman–Crippen LogP) is 2.24. The average molecular weight is 363 g/mol. The zero-order valence-electron chi connectivity index (χ0n) is 15.0. The molecule has 1 N–H and O–H groups in total. The number of benzene rings is 1. The first-order valence-corrected chi connectivity index (χ1v) is 8.52. The molecule has 6 nitrogen and oxygen atoms in total. The minimum atomic E-state index is 0.00828. The number of nitrogens with zero attached hydrogens (tertiary/aromatic N) is 3. The summed E-state index contributed by atoms with van der Waals surface area (Å²) in [6.45, 7) is 2.57. The van der Waals surface area contributed by atoms with Gasteiger partial charge in [-0.1, -0.05) is 29.4 Å². The van der Waals surface area contributed by atoms with Crippen LogP contribution in [0.3, 0.4) is 0 Å². The molecule has 0 bridgehead atoms. The van der Waals surface area contributed by atoms with Crippen molar-refractivity contribution in [1.29, 1.82) is 0 Å². The lowest BCUT2D eigenvalue weighted by atomic mass is 10.0. The summed E-state index contributed by atoms with van der Waals surface area (Å²) >= 11 is 0. The van der Waals surface area contributed by atoms with Crippen LogP contribution in [0.2, 0.25) is 0 Å². The summed E-state index contributed by atoms with van der Waals surface area (Å²) in [5.41, 5.74) is 3.04. The molecule has 3 rings (SSSR count). The van der Waals surface area contributed by atoms with Gasteiger partial charge in [0.2, 0.25) is 5.69 Å². The van der Waals surface area contributed by atoms with Crippen molar-refractivity contribution in [3.63, 3.8) is 0 Å². The summed E-state index contributed by atoms with van der Waals surface area (Å²) in [4.78, 5) is 12.6. The van der Waals surface area contributed by atoms with Gasteiger partial charge in [-0.2, -0.15) is 9.13 Å². The molecule has 0 radical (unpaired) electrons. The fourth-order valence-electron chi connectivity index (χ4n) is 2.71. The quantitative estimate of drug-likeness (QED) is 0.230. The number of carbonyl (C=O) groups excluding carboxylic acids is 1. The van der Waals surface area contributed by atoms with Crippen molar-refractivity contribution in [3.8, 4) is 0 Å². The van der Waals surface area contributed by atoms with Crippen molar-refractivity contribution >= 4 is 12.0 Å². The van der Waals surface area contributed by atoms with Crippen LogP contribution in [-0.2, 0) is 18.2 Å². The Morgan fingerprint density at radius 3 is 2.52 bits per heavy atom. The lowest BCUT2D eigenvalue weighted by molar-refractivity contribution is -0.788. The molecule has 6 heteroatoms. The lowest BCUT2D eigenvalue weighted by Crippen LogP contribution is -2.42. The number of aryl methyl sites for hydroxylation is 1. The highest BCUT2D eigenvalue weighted by Gasteiger charge is 2.13. The van der Waals surface area contributed by atoms with E-state index in [0.717, 1.165) is 11.3 Å². The Hall–Kier alpha value is -3.38. The van der Waals surface area contributed by atoms with Gasteiger partial charge in [0.25, 0.3) is 13.5 Å². The molecule has 0 aliphatic carbocycles. The van der Waals surface area contributed by atoms with Crippen molar-refractivity contribution in [2.75, 3.05) is 0 Å². The highest BCUT2D eigenvalue weighted by Crippen LogP contribution is 2.12. The first-order valence-electron chi connectivity index (χ1n) is 8.52. The second-order valence-corrected chi connectivity index (χ2v) is 6.05. The molecule has 1 aromatic carbocycles. The van der Waals surface area contributed by atoms with E-state index in [1.165, 1.54) is 6.21 Å². The van der Waals surface area contributed by atoms with E-state index < -0.39 is 0 Å². The van der Waals surface area contributed by atoms with E-state index in [0.29, 0.717) is 24.6 Å². The second kappa shape index (κ2) is 8.82. The topological polar surface area (TPSA) is 66.7 Å². The van der Waals surface area contributed by atoms with Gasteiger partial charge in [-0.05, 0) is 18.6 Å². The maximum absolute atomic E-state index is 12.6. The minimum Gasteiger partial charge on any atom is -0.411 e. The molecule has 27 heavy (non-hydrogen) atoms. The van der Waals surface area contributed by atoms with Crippen molar-refractivity contribution in [2.45, 2.75) is 20.4 Å². The molecule has 0 atom stereocenters. The number of ether oxygens (including phenoxy) is 1. The van der Waals surface area contributed by atoms with Gasteiger partial charge in [-0.25, -0.2) is 0 Å². The smallest absolute Gasteiger partial charge is 0.258 e. The fraction of sp³-hybridized carbons (Fsp3) is 0.143. The average Bonchev–Trinajstić information content (AvgIpc) is 2.70. The highest BCUT2D eigenvalue weighted by molar-refractivity contribution is 6.09. The van der Waals surface area contributed by atoms with E-state index in [4.69, 9.17) is 9.94 Å². The van der Waals surface area contributed by atoms with Gasteiger partial charge < -0.3 is 5.21 Å². The normalized spacial score (nSPS) is 11.0. The third-order valence-corrected chi connectivity index (χ3v) is 4.18. The van der Waals surface area contributed by atoms with Crippen LogP contribution in [-0.4, -0.2) is 17.2 Å². The van der Waals surface area contributed by atoms with Gasteiger partial charge in [0, 0.05) is 35.4 Å². The third-order valence-electron chi connectivity index (χ3n) is 4.18. The lowest BCUT2D eigenvalue weighted by Gasteiger charge is -2.04. The van der Waals surface area contributed by atoms with Crippen LogP contribution in [0, 0.1) is 6.92 Å². The summed E-state index contributed by atoms with van der Waals surface area (Å²) in [5.74, 6) is 0.00828. The van der Waals surface area contributed by atoms with E-state index >= 15 is 0 Å². The van der Waals surface area contributed by atoms with Crippen molar-refractivity contribution in [2.24, 2.45) is 5.16 Å². The summed E-state index contributed by atoms with van der Waals surface area (Å²) < 4.78 is 9.36. The molecule has 2 heterocycles. The van der Waals surface area contributed by atoms with Crippen LogP contribution in [0.4, 0.5) is 0 Å². The molecule has 0 saturated heterocycles. The number of ketones is 1. The SMILES string of the molecule is Cc1ccccc1C(=O)c1cc[n+](COC[n+]2ccccc2C=NO)cc1. The summed E-state index contributed by atoms with van der Waals surface area (Å²) in [7, 11) is 0. The van der Waals surface area contributed by atoms with Gasteiger partial charge in [0.1, 0.15) is 6.21 Å². The van der Waals surface area contributed by atoms with E-state index in [1.807, 2.05) is 77.1 Å². The molecule has 0 amide bonds. The number of hydrogen-bond donors (Lipinski definition) is 1. The Morgan fingerprint density at radius 1 is 1.04 bits per heavy atom. The van der Waals surface area contributed by atoms with Gasteiger partial charge in [0.05, 0.1) is 0 Å². The Balaban J connectivity index is 1.62. The van der Waals surface area contributed by atoms with E-state index in [9.17, 15) is 4.79 Å². The van der Waals surface area contributed by atoms with Gasteiger partial charge in [-0.15, -0.1) is 0 Å². The van der Waals surface area contributed by atoms with Gasteiger partial charge >= 0.3 is 0 Å². The standard InChI is InChI=1S/C21H20N3O3/c1-17-6-2-3-8-20(17)21(25)18-9-12-23(13-10-18)15-27-16-24-11-5-4-7-19(24)14-22-26/h2-14H,15-16H2,1H3/q+1/p+1. The van der Waals surface area contributed by atoms with Crippen molar-refractivity contribution < 1.29 is 23.9 Å². The van der Waals surface area contributed by atoms with Crippen LogP contribution in [0.15, 0.2) is 78.3 Å². The Kier molecular flexibility index (Phi) is 6.02. The predicted molar refractivity (Wildman–Crippen MR) is 98.4 cm³/mol. The summed E-state index contributed by atoms with van der Waals surface area (Å²) in [5, 5.41) is 11.8. The summed E-state index contributed by atoms with van der Waals surface area (Å²) in [6.07, 6.45) is 6.82. The highest BCUT2D eigenvalue weighted by atomic mass is 16.5. The number of rotatable bonds is 7. The molecule has 0 unspecified atom stereocenters. The zero-order chi connectivity index (χ0) is 19.1. The number of pyridine rings is 2. The minimum absolute atomic E-state index is 0.00828. The third kappa shape index (κ3) is 4.62. The largest absolute Gasteiger partial charge is 0.411 e. The molecule has 0 aliphatic heterocycles. The van der Waals surface area contributed by atoms with E-state index in [-0.39, 0.29) is 5.78 Å². The maximum Gasteiger partial charge on any atom is 0.258 e. The van der Waals surface area contributed by atoms with Crippen LogP contribution >= 0.6 is 0 Å². The number of oxime groups is 1. The molecular weight excluding hydrogens is 342 g/mol. The fourth-order valence-corrected chi connectivity index (χ4v) is 2.71. The first-order chi connectivity index (χ1) is 13.2. The molecule has 136 valence electrons. The second-order valence-electron chi connectivity index (χ2n) is 6.05. The van der Waals surface area contributed by atoms with Crippen LogP contribution < -0.4 is 9.13 Å². The first kappa shape index (κ1) is 18.4. The van der Waals surface area contributed by atoms with Gasteiger partial charge in [-0.3, -0.25) is 9.53 Å². The maximum atomic E-state index is 12.6. The van der Waals surface area contributed by atoms with Crippen molar-refractivity contribution in [3.05, 3.63) is 95.6 Å². The molecule has 0 fully saturated rings. The molecule has 3 aromatic rings. The van der Waals surface area contributed by atoms with Gasteiger partial charge in [0.15, 0.2) is 24.4 Å².